The fourth-order valence-corrected chi connectivity index (χ4v) is 2.69. The topological polar surface area (TPSA) is 102 Å². The Morgan fingerprint density at radius 2 is 1.61 bits per heavy atom. The molecule has 9 heteroatoms. The van der Waals surface area contributed by atoms with Crippen LogP contribution >= 0.6 is 0 Å². The minimum Gasteiger partial charge on any atom is -0.497 e. The van der Waals surface area contributed by atoms with Gasteiger partial charge in [0.25, 0.3) is 5.89 Å². The van der Waals surface area contributed by atoms with E-state index in [1.165, 1.54) is 27.4 Å². The molecule has 0 bridgehead atoms. The van der Waals surface area contributed by atoms with Crippen molar-refractivity contribution in [3.8, 4) is 34.5 Å². The van der Waals surface area contributed by atoms with Gasteiger partial charge < -0.3 is 28.1 Å². The Kier molecular flexibility index (Phi) is 7.10. The van der Waals surface area contributed by atoms with Gasteiger partial charge in [-0.2, -0.15) is 0 Å². The van der Waals surface area contributed by atoms with Crippen LogP contribution in [0.1, 0.15) is 11.5 Å². The van der Waals surface area contributed by atoms with Crippen molar-refractivity contribution >= 4 is 12.0 Å². The van der Waals surface area contributed by atoms with Gasteiger partial charge in [0.1, 0.15) is 5.75 Å². The number of rotatable bonds is 9. The lowest BCUT2D eigenvalue weighted by molar-refractivity contribution is -0.139. The number of esters is 1. The second-order valence-electron chi connectivity index (χ2n) is 6.13. The second kappa shape index (κ2) is 10.1. The van der Waals surface area contributed by atoms with Crippen LogP contribution in [0.2, 0.25) is 0 Å². The molecule has 0 aliphatic heterocycles. The van der Waals surface area contributed by atoms with Crippen molar-refractivity contribution in [3.05, 3.63) is 53.9 Å². The number of carbonyl (C=O) groups is 1. The van der Waals surface area contributed by atoms with Crippen LogP contribution in [0.3, 0.4) is 0 Å². The number of benzene rings is 2. The summed E-state index contributed by atoms with van der Waals surface area (Å²) in [6.45, 7) is -0.163. The Morgan fingerprint density at radius 1 is 0.935 bits per heavy atom. The molecule has 0 N–H and O–H groups in total. The van der Waals surface area contributed by atoms with Gasteiger partial charge in [0, 0.05) is 11.6 Å². The van der Waals surface area contributed by atoms with Gasteiger partial charge >= 0.3 is 5.97 Å². The van der Waals surface area contributed by atoms with Crippen molar-refractivity contribution in [3.63, 3.8) is 0 Å². The van der Waals surface area contributed by atoms with Gasteiger partial charge in [-0.3, -0.25) is 0 Å². The number of carbonyl (C=O) groups excluding carboxylic acids is 1. The van der Waals surface area contributed by atoms with Gasteiger partial charge in [0.2, 0.25) is 11.6 Å². The maximum Gasteiger partial charge on any atom is 0.331 e. The first kappa shape index (κ1) is 21.7. The highest BCUT2D eigenvalue weighted by molar-refractivity contribution is 5.87. The molecule has 0 saturated heterocycles. The van der Waals surface area contributed by atoms with Crippen LogP contribution in [0.15, 0.2) is 46.9 Å². The summed E-state index contributed by atoms with van der Waals surface area (Å²) in [4.78, 5) is 12.0. The second-order valence-corrected chi connectivity index (χ2v) is 6.13. The number of hydrogen-bond acceptors (Lipinski definition) is 9. The zero-order valence-corrected chi connectivity index (χ0v) is 17.6. The maximum atomic E-state index is 12.0. The van der Waals surface area contributed by atoms with Gasteiger partial charge in [-0.15, -0.1) is 10.2 Å². The minimum atomic E-state index is -0.539. The fraction of sp³-hybridized carbons (Fsp3) is 0.227. The largest absolute Gasteiger partial charge is 0.497 e. The van der Waals surface area contributed by atoms with Gasteiger partial charge in [-0.25, -0.2) is 4.79 Å². The highest BCUT2D eigenvalue weighted by atomic mass is 16.5. The molecule has 3 aromatic rings. The molecule has 31 heavy (non-hydrogen) atoms. The molecule has 162 valence electrons. The summed E-state index contributed by atoms with van der Waals surface area (Å²) < 4.78 is 31.8. The highest BCUT2D eigenvalue weighted by Gasteiger charge is 2.17. The molecular weight excluding hydrogens is 404 g/mol. The summed E-state index contributed by atoms with van der Waals surface area (Å²) in [5, 5.41) is 7.90. The summed E-state index contributed by atoms with van der Waals surface area (Å²) in [7, 11) is 6.13. The van der Waals surface area contributed by atoms with E-state index in [1.807, 2.05) is 12.1 Å². The number of hydrogen-bond donors (Lipinski definition) is 0. The van der Waals surface area contributed by atoms with Crippen molar-refractivity contribution in [2.45, 2.75) is 6.61 Å². The normalized spacial score (nSPS) is 10.7. The molecule has 0 radical (unpaired) electrons. The zero-order valence-electron chi connectivity index (χ0n) is 17.6. The van der Waals surface area contributed by atoms with Crippen molar-refractivity contribution in [2.24, 2.45) is 0 Å². The van der Waals surface area contributed by atoms with Gasteiger partial charge in [-0.05, 0) is 35.9 Å². The SMILES string of the molecule is COc1ccc(/C=C/C(=O)OCc2nnc(-c3cc(OC)c(OC)c(OC)c3)o2)cc1. The summed E-state index contributed by atoms with van der Waals surface area (Å²) in [5.74, 6) is 1.92. The third-order valence-electron chi connectivity index (χ3n) is 4.24. The molecule has 1 heterocycles. The quantitative estimate of drug-likeness (QED) is 0.375. The van der Waals surface area contributed by atoms with Crippen LogP contribution in [0.25, 0.3) is 17.5 Å². The molecule has 0 fully saturated rings. The van der Waals surface area contributed by atoms with E-state index in [1.54, 1.807) is 37.5 Å². The molecule has 0 unspecified atom stereocenters. The Labute approximate surface area is 179 Å². The third kappa shape index (κ3) is 5.33. The lowest BCUT2D eigenvalue weighted by Crippen LogP contribution is -2.00. The Hall–Kier alpha value is -4.01. The van der Waals surface area contributed by atoms with Gasteiger partial charge in [0.05, 0.1) is 28.4 Å². The summed E-state index contributed by atoms with van der Waals surface area (Å²) in [5.41, 5.74) is 1.40. The van der Waals surface area contributed by atoms with Gasteiger partial charge in [-0.1, -0.05) is 12.1 Å². The lowest BCUT2D eigenvalue weighted by atomic mass is 10.2. The van der Waals surface area contributed by atoms with Crippen molar-refractivity contribution in [2.75, 3.05) is 28.4 Å². The average Bonchev–Trinajstić information content (AvgIpc) is 3.29. The maximum absolute atomic E-state index is 12.0. The molecule has 1 aromatic heterocycles. The summed E-state index contributed by atoms with van der Waals surface area (Å²) in [6, 6.07) is 10.6. The van der Waals surface area contributed by atoms with Crippen molar-refractivity contribution in [1.29, 1.82) is 0 Å². The number of nitrogens with zero attached hydrogens (tertiary/aromatic N) is 2. The fourth-order valence-electron chi connectivity index (χ4n) is 2.69. The minimum absolute atomic E-state index is 0.148. The van der Waals surface area contributed by atoms with Gasteiger partial charge in [0.15, 0.2) is 18.1 Å². The van der Waals surface area contributed by atoms with E-state index in [-0.39, 0.29) is 18.4 Å². The standard InChI is InChI=1S/C22H22N2O7/c1-26-16-8-5-14(6-9-16)7-10-20(25)30-13-19-23-24-22(31-19)15-11-17(27-2)21(29-4)18(12-15)28-3/h5-12H,13H2,1-4H3/b10-7+. The number of ether oxygens (including phenoxy) is 5. The Balaban J connectivity index is 1.64. The van der Waals surface area contributed by atoms with Crippen molar-refractivity contribution < 1.29 is 32.9 Å². The van der Waals surface area contributed by atoms with E-state index in [2.05, 4.69) is 10.2 Å². The van der Waals surface area contributed by atoms with Crippen LogP contribution in [0.4, 0.5) is 0 Å². The van der Waals surface area contributed by atoms with E-state index >= 15 is 0 Å². The van der Waals surface area contributed by atoms with E-state index < -0.39 is 5.97 Å². The molecule has 2 aromatic carbocycles. The monoisotopic (exact) mass is 426 g/mol. The first-order valence-electron chi connectivity index (χ1n) is 9.19. The summed E-state index contributed by atoms with van der Waals surface area (Å²) in [6.07, 6.45) is 2.95. The van der Waals surface area contributed by atoms with E-state index in [9.17, 15) is 4.79 Å². The molecule has 0 aliphatic rings. The van der Waals surface area contributed by atoms with Crippen molar-refractivity contribution in [1.82, 2.24) is 10.2 Å². The van der Waals surface area contributed by atoms with E-state index in [4.69, 9.17) is 28.1 Å². The van der Waals surface area contributed by atoms with E-state index in [0.717, 1.165) is 11.3 Å². The molecule has 0 aliphatic carbocycles. The molecule has 0 amide bonds. The lowest BCUT2D eigenvalue weighted by Gasteiger charge is -2.12. The summed E-state index contributed by atoms with van der Waals surface area (Å²) >= 11 is 0. The van der Waals surface area contributed by atoms with E-state index in [0.29, 0.717) is 22.8 Å². The molecular formula is C22H22N2O7. The predicted octanol–water partition coefficient (Wildman–Crippen LogP) is 3.53. The Morgan fingerprint density at radius 3 is 2.19 bits per heavy atom. The van der Waals surface area contributed by atoms with Crippen LogP contribution in [0.5, 0.6) is 23.0 Å². The molecule has 0 atom stereocenters. The Bertz CT molecular complexity index is 1030. The van der Waals surface area contributed by atoms with Crippen LogP contribution in [-0.2, 0) is 16.1 Å². The van der Waals surface area contributed by atoms with Crippen LogP contribution < -0.4 is 18.9 Å². The first-order valence-corrected chi connectivity index (χ1v) is 9.19. The predicted molar refractivity (Wildman–Crippen MR) is 111 cm³/mol. The average molecular weight is 426 g/mol. The molecule has 0 spiro atoms. The smallest absolute Gasteiger partial charge is 0.331 e. The molecule has 9 nitrogen and oxygen atoms in total. The van der Waals surface area contributed by atoms with Crippen LogP contribution in [0, 0.1) is 0 Å². The molecule has 0 saturated carbocycles. The third-order valence-corrected chi connectivity index (χ3v) is 4.24. The highest BCUT2D eigenvalue weighted by Crippen LogP contribution is 2.40. The number of aromatic nitrogens is 2. The first-order chi connectivity index (χ1) is 15.1. The number of methoxy groups -OCH3 is 4. The van der Waals surface area contributed by atoms with Crippen LogP contribution in [-0.4, -0.2) is 44.6 Å². The molecule has 3 rings (SSSR count). The zero-order chi connectivity index (χ0) is 22.2.